The van der Waals surface area contributed by atoms with Gasteiger partial charge >= 0.3 is 12.4 Å². The molecule has 11 heteroatoms. The van der Waals surface area contributed by atoms with Gasteiger partial charge in [0, 0.05) is 38.3 Å². The SMILES string of the molecule is Cl.O=C(NCCCN1CCNCC1)c1cc(C(F)(F)F)cc(C(F)(F)F)c1. The van der Waals surface area contributed by atoms with E-state index in [1.54, 1.807) is 0 Å². The average Bonchev–Trinajstić information content (AvgIpc) is 2.57. The number of halogens is 7. The molecular weight excluding hydrogens is 400 g/mol. The molecular formula is C16H20ClF6N3O. The molecule has 1 aliphatic rings. The molecule has 0 bridgehead atoms. The lowest BCUT2D eigenvalue weighted by Crippen LogP contribution is -2.44. The molecule has 154 valence electrons. The predicted octanol–water partition coefficient (Wildman–Crippen LogP) is 3.17. The fraction of sp³-hybridized carbons (Fsp3) is 0.562. The molecule has 0 aliphatic carbocycles. The van der Waals surface area contributed by atoms with Crippen molar-refractivity contribution < 1.29 is 31.1 Å². The average molecular weight is 420 g/mol. The second kappa shape index (κ2) is 9.61. The predicted molar refractivity (Wildman–Crippen MR) is 90.0 cm³/mol. The Morgan fingerprint density at radius 1 is 1.00 bits per heavy atom. The van der Waals surface area contributed by atoms with E-state index < -0.39 is 35.0 Å². The van der Waals surface area contributed by atoms with Gasteiger partial charge in [-0.25, -0.2) is 0 Å². The normalized spacial score (nSPS) is 15.9. The Morgan fingerprint density at radius 2 is 1.52 bits per heavy atom. The highest BCUT2D eigenvalue weighted by molar-refractivity contribution is 5.94. The molecule has 1 aliphatic heterocycles. The zero-order chi connectivity index (χ0) is 19.4. The number of carbonyl (C=O) groups excluding carboxylic acids is 1. The van der Waals surface area contributed by atoms with Gasteiger partial charge in [-0.15, -0.1) is 12.4 Å². The Hall–Kier alpha value is -1.52. The van der Waals surface area contributed by atoms with Crippen molar-refractivity contribution >= 4 is 18.3 Å². The number of amides is 1. The Balaban J connectivity index is 0.00000364. The van der Waals surface area contributed by atoms with Crippen LogP contribution in [-0.2, 0) is 12.4 Å². The van der Waals surface area contributed by atoms with Crippen molar-refractivity contribution in [2.75, 3.05) is 39.3 Å². The summed E-state index contributed by atoms with van der Waals surface area (Å²) in [5.41, 5.74) is -3.66. The summed E-state index contributed by atoms with van der Waals surface area (Å²) in [6, 6.07) is 0.864. The van der Waals surface area contributed by atoms with E-state index in [0.29, 0.717) is 25.1 Å². The molecule has 0 unspecified atom stereocenters. The fourth-order valence-corrected chi connectivity index (χ4v) is 2.63. The third kappa shape index (κ3) is 7.19. The molecule has 2 rings (SSSR count). The highest BCUT2D eigenvalue weighted by atomic mass is 35.5. The van der Waals surface area contributed by atoms with Gasteiger partial charge in [0.05, 0.1) is 11.1 Å². The zero-order valence-corrected chi connectivity index (χ0v) is 15.0. The minimum Gasteiger partial charge on any atom is -0.352 e. The first-order valence-corrected chi connectivity index (χ1v) is 8.08. The molecule has 2 N–H and O–H groups in total. The fourth-order valence-electron chi connectivity index (χ4n) is 2.63. The number of rotatable bonds is 5. The van der Waals surface area contributed by atoms with Gasteiger partial charge in [0.25, 0.3) is 5.91 Å². The van der Waals surface area contributed by atoms with Crippen LogP contribution in [0.25, 0.3) is 0 Å². The maximum absolute atomic E-state index is 12.8. The van der Waals surface area contributed by atoms with Crippen molar-refractivity contribution in [3.8, 4) is 0 Å². The van der Waals surface area contributed by atoms with Gasteiger partial charge in [-0.1, -0.05) is 0 Å². The second-order valence-corrected chi connectivity index (χ2v) is 6.00. The number of piperazine rings is 1. The van der Waals surface area contributed by atoms with Gasteiger partial charge in [-0.3, -0.25) is 4.79 Å². The van der Waals surface area contributed by atoms with Crippen molar-refractivity contribution in [2.24, 2.45) is 0 Å². The molecule has 1 heterocycles. The van der Waals surface area contributed by atoms with Gasteiger partial charge < -0.3 is 15.5 Å². The Labute approximate surface area is 158 Å². The van der Waals surface area contributed by atoms with Crippen molar-refractivity contribution in [3.63, 3.8) is 0 Å². The molecule has 27 heavy (non-hydrogen) atoms. The van der Waals surface area contributed by atoms with Crippen LogP contribution in [-0.4, -0.2) is 50.1 Å². The lowest BCUT2D eigenvalue weighted by molar-refractivity contribution is -0.143. The molecule has 1 aromatic carbocycles. The number of hydrogen-bond donors (Lipinski definition) is 2. The van der Waals surface area contributed by atoms with E-state index in [9.17, 15) is 31.1 Å². The van der Waals surface area contributed by atoms with Crippen molar-refractivity contribution in [1.29, 1.82) is 0 Å². The third-order valence-electron chi connectivity index (χ3n) is 4.00. The van der Waals surface area contributed by atoms with Gasteiger partial charge in [0.2, 0.25) is 0 Å². The Bertz CT molecular complexity index is 597. The highest BCUT2D eigenvalue weighted by Gasteiger charge is 2.37. The van der Waals surface area contributed by atoms with Crippen LogP contribution in [0.5, 0.6) is 0 Å². The van der Waals surface area contributed by atoms with Crippen LogP contribution >= 0.6 is 12.4 Å². The molecule has 0 radical (unpaired) electrons. The topological polar surface area (TPSA) is 44.4 Å². The van der Waals surface area contributed by atoms with E-state index >= 15 is 0 Å². The molecule has 1 saturated heterocycles. The number of alkyl halides is 6. The molecule has 1 fully saturated rings. The van der Waals surface area contributed by atoms with E-state index in [1.165, 1.54) is 0 Å². The van der Waals surface area contributed by atoms with Gasteiger partial charge in [-0.2, -0.15) is 26.3 Å². The maximum Gasteiger partial charge on any atom is 0.416 e. The minimum absolute atomic E-state index is 0. The number of nitrogens with zero attached hydrogens (tertiary/aromatic N) is 1. The van der Waals surface area contributed by atoms with E-state index in [2.05, 4.69) is 15.5 Å². The molecule has 1 aromatic rings. The first kappa shape index (κ1) is 23.5. The zero-order valence-electron chi connectivity index (χ0n) is 14.2. The van der Waals surface area contributed by atoms with Crippen LogP contribution in [0.1, 0.15) is 27.9 Å². The number of benzene rings is 1. The van der Waals surface area contributed by atoms with Crippen molar-refractivity contribution in [1.82, 2.24) is 15.5 Å². The Kier molecular flexibility index (Phi) is 8.37. The van der Waals surface area contributed by atoms with Crippen LogP contribution in [0.15, 0.2) is 18.2 Å². The quantitative estimate of drug-likeness (QED) is 0.569. The van der Waals surface area contributed by atoms with E-state index in [4.69, 9.17) is 0 Å². The minimum atomic E-state index is -4.97. The summed E-state index contributed by atoms with van der Waals surface area (Å²) < 4.78 is 76.8. The van der Waals surface area contributed by atoms with Crippen LogP contribution in [0.4, 0.5) is 26.3 Å². The first-order valence-electron chi connectivity index (χ1n) is 8.08. The second-order valence-electron chi connectivity index (χ2n) is 6.00. The van der Waals surface area contributed by atoms with E-state index in [0.717, 1.165) is 26.2 Å². The molecule has 0 atom stereocenters. The maximum atomic E-state index is 12.8. The smallest absolute Gasteiger partial charge is 0.352 e. The van der Waals surface area contributed by atoms with Crippen LogP contribution in [0.2, 0.25) is 0 Å². The van der Waals surface area contributed by atoms with Crippen LogP contribution < -0.4 is 10.6 Å². The van der Waals surface area contributed by atoms with E-state index in [1.807, 2.05) is 0 Å². The van der Waals surface area contributed by atoms with Crippen molar-refractivity contribution in [3.05, 3.63) is 34.9 Å². The summed E-state index contributed by atoms with van der Waals surface area (Å²) in [7, 11) is 0. The molecule has 0 spiro atoms. The molecule has 1 amide bonds. The third-order valence-corrected chi connectivity index (χ3v) is 4.00. The Morgan fingerprint density at radius 3 is 2.00 bits per heavy atom. The lowest BCUT2D eigenvalue weighted by Gasteiger charge is -2.27. The van der Waals surface area contributed by atoms with Gasteiger partial charge in [0.1, 0.15) is 0 Å². The van der Waals surface area contributed by atoms with Gasteiger partial charge in [0.15, 0.2) is 0 Å². The van der Waals surface area contributed by atoms with Gasteiger partial charge in [-0.05, 0) is 31.2 Å². The number of carbonyl (C=O) groups is 1. The number of nitrogens with one attached hydrogen (secondary N) is 2. The highest BCUT2D eigenvalue weighted by Crippen LogP contribution is 2.36. The monoisotopic (exact) mass is 419 g/mol. The van der Waals surface area contributed by atoms with Crippen LogP contribution in [0.3, 0.4) is 0 Å². The lowest BCUT2D eigenvalue weighted by atomic mass is 10.0. The summed E-state index contributed by atoms with van der Waals surface area (Å²) in [6.07, 6.45) is -9.39. The molecule has 4 nitrogen and oxygen atoms in total. The van der Waals surface area contributed by atoms with Crippen LogP contribution in [0, 0.1) is 0 Å². The summed E-state index contributed by atoms with van der Waals surface area (Å²) in [6.45, 7) is 4.29. The first-order chi connectivity index (χ1) is 12.1. The molecule has 0 aromatic heterocycles. The summed E-state index contributed by atoms with van der Waals surface area (Å²) in [5.74, 6) is -0.957. The largest absolute Gasteiger partial charge is 0.416 e. The van der Waals surface area contributed by atoms with E-state index in [-0.39, 0.29) is 25.0 Å². The molecule has 0 saturated carbocycles. The summed E-state index contributed by atoms with van der Waals surface area (Å²) >= 11 is 0. The standard InChI is InChI=1S/C16H19F6N3O.ClH/c17-15(18,19)12-8-11(9-13(10-12)16(20,21)22)14(26)24-2-1-5-25-6-3-23-4-7-25;/h8-10,23H,1-7H2,(H,24,26);1H. The van der Waals surface area contributed by atoms with Crippen molar-refractivity contribution in [2.45, 2.75) is 18.8 Å². The number of hydrogen-bond acceptors (Lipinski definition) is 3. The summed E-state index contributed by atoms with van der Waals surface area (Å²) in [5, 5.41) is 5.56. The summed E-state index contributed by atoms with van der Waals surface area (Å²) in [4.78, 5) is 14.1.